The van der Waals surface area contributed by atoms with Crippen LogP contribution in [0.1, 0.15) is 5.56 Å². The van der Waals surface area contributed by atoms with Crippen LogP contribution in [0, 0.1) is 0 Å². The van der Waals surface area contributed by atoms with Gasteiger partial charge in [-0.3, -0.25) is 4.79 Å². The number of methoxy groups -OCH3 is 1. The van der Waals surface area contributed by atoms with Crippen LogP contribution in [0.3, 0.4) is 0 Å². The Bertz CT molecular complexity index is 720. The fourth-order valence-electron chi connectivity index (χ4n) is 2.57. The van der Waals surface area contributed by atoms with Crippen molar-refractivity contribution < 1.29 is 19.0 Å². The summed E-state index contributed by atoms with van der Waals surface area (Å²) in [5.41, 5.74) is 0.999. The second-order valence-corrected chi connectivity index (χ2v) is 5.73. The van der Waals surface area contributed by atoms with Gasteiger partial charge in [0, 0.05) is 25.8 Å². The summed E-state index contributed by atoms with van der Waals surface area (Å²) in [5.74, 6) is 1.77. The Kier molecular flexibility index (Phi) is 6.21. The first-order valence-corrected chi connectivity index (χ1v) is 8.43. The molecule has 1 aromatic carbocycles. The van der Waals surface area contributed by atoms with Crippen molar-refractivity contribution in [3.63, 3.8) is 0 Å². The molecule has 138 valence electrons. The number of anilines is 1. The predicted octanol–water partition coefficient (Wildman–Crippen LogP) is 1.33. The SMILES string of the molecule is COc1cc(CNc2cccnn2)ccc1OCC(=O)N1CCOCC1. The molecular formula is C18H22N4O4. The van der Waals surface area contributed by atoms with Crippen LogP contribution in [-0.2, 0) is 16.1 Å². The molecule has 1 saturated heterocycles. The minimum absolute atomic E-state index is 0.0203. The van der Waals surface area contributed by atoms with Crippen molar-refractivity contribution in [1.82, 2.24) is 15.1 Å². The predicted molar refractivity (Wildman–Crippen MR) is 95.2 cm³/mol. The van der Waals surface area contributed by atoms with Gasteiger partial charge in [0.05, 0.1) is 20.3 Å². The molecule has 26 heavy (non-hydrogen) atoms. The molecule has 1 fully saturated rings. The average Bonchev–Trinajstić information content (AvgIpc) is 2.72. The molecule has 0 radical (unpaired) electrons. The first kappa shape index (κ1) is 17.9. The van der Waals surface area contributed by atoms with E-state index in [0.29, 0.717) is 50.2 Å². The number of carbonyl (C=O) groups is 1. The van der Waals surface area contributed by atoms with Crippen LogP contribution in [0.5, 0.6) is 11.5 Å². The lowest BCUT2D eigenvalue weighted by Gasteiger charge is -2.26. The van der Waals surface area contributed by atoms with Crippen LogP contribution in [0.15, 0.2) is 36.5 Å². The smallest absolute Gasteiger partial charge is 0.260 e. The van der Waals surface area contributed by atoms with E-state index in [1.54, 1.807) is 24.3 Å². The van der Waals surface area contributed by atoms with Crippen molar-refractivity contribution in [2.45, 2.75) is 6.54 Å². The van der Waals surface area contributed by atoms with Gasteiger partial charge in [-0.05, 0) is 29.8 Å². The third-order valence-electron chi connectivity index (χ3n) is 3.99. The molecule has 3 rings (SSSR count). The van der Waals surface area contributed by atoms with Gasteiger partial charge in [-0.1, -0.05) is 6.07 Å². The van der Waals surface area contributed by atoms with E-state index < -0.39 is 0 Å². The lowest BCUT2D eigenvalue weighted by atomic mass is 10.2. The van der Waals surface area contributed by atoms with Gasteiger partial charge in [-0.25, -0.2) is 0 Å². The number of nitrogens with one attached hydrogen (secondary N) is 1. The topological polar surface area (TPSA) is 85.8 Å². The average molecular weight is 358 g/mol. The highest BCUT2D eigenvalue weighted by atomic mass is 16.5. The lowest BCUT2D eigenvalue weighted by Crippen LogP contribution is -2.43. The highest BCUT2D eigenvalue weighted by molar-refractivity contribution is 5.78. The van der Waals surface area contributed by atoms with E-state index in [1.807, 2.05) is 24.3 Å². The van der Waals surface area contributed by atoms with Gasteiger partial charge < -0.3 is 24.4 Å². The van der Waals surface area contributed by atoms with Crippen molar-refractivity contribution in [1.29, 1.82) is 0 Å². The molecule has 0 aliphatic carbocycles. The van der Waals surface area contributed by atoms with Gasteiger partial charge in [0.15, 0.2) is 18.1 Å². The van der Waals surface area contributed by atoms with Gasteiger partial charge in [0.25, 0.3) is 5.91 Å². The zero-order valence-electron chi connectivity index (χ0n) is 14.7. The molecule has 0 saturated carbocycles. The maximum absolute atomic E-state index is 12.2. The maximum atomic E-state index is 12.2. The third kappa shape index (κ3) is 4.82. The van der Waals surface area contributed by atoms with Crippen molar-refractivity contribution in [2.75, 3.05) is 45.3 Å². The molecule has 1 aromatic heterocycles. The summed E-state index contributed by atoms with van der Waals surface area (Å²) in [5, 5.41) is 11.0. The summed E-state index contributed by atoms with van der Waals surface area (Å²) in [6.45, 7) is 2.90. The molecule has 1 amide bonds. The molecule has 1 aliphatic rings. The van der Waals surface area contributed by atoms with E-state index in [9.17, 15) is 4.79 Å². The second-order valence-electron chi connectivity index (χ2n) is 5.73. The largest absolute Gasteiger partial charge is 0.493 e. The molecule has 0 atom stereocenters. The van der Waals surface area contributed by atoms with E-state index in [0.717, 1.165) is 5.56 Å². The fraction of sp³-hybridized carbons (Fsp3) is 0.389. The van der Waals surface area contributed by atoms with Crippen LogP contribution < -0.4 is 14.8 Å². The molecular weight excluding hydrogens is 336 g/mol. The van der Waals surface area contributed by atoms with Crippen LogP contribution in [0.2, 0.25) is 0 Å². The van der Waals surface area contributed by atoms with Crippen LogP contribution in [0.4, 0.5) is 5.82 Å². The Morgan fingerprint density at radius 3 is 2.85 bits per heavy atom. The summed E-state index contributed by atoms with van der Waals surface area (Å²) in [4.78, 5) is 13.9. The van der Waals surface area contributed by atoms with E-state index in [-0.39, 0.29) is 12.5 Å². The number of amides is 1. The van der Waals surface area contributed by atoms with Crippen LogP contribution >= 0.6 is 0 Å². The summed E-state index contributed by atoms with van der Waals surface area (Å²) < 4.78 is 16.3. The number of ether oxygens (including phenoxy) is 3. The number of hydrogen-bond donors (Lipinski definition) is 1. The van der Waals surface area contributed by atoms with E-state index in [1.165, 1.54) is 0 Å². The molecule has 0 spiro atoms. The summed E-state index contributed by atoms with van der Waals surface area (Å²) in [6.07, 6.45) is 1.62. The highest BCUT2D eigenvalue weighted by Crippen LogP contribution is 2.28. The molecule has 2 heterocycles. The fourth-order valence-corrected chi connectivity index (χ4v) is 2.57. The third-order valence-corrected chi connectivity index (χ3v) is 3.99. The molecule has 1 N–H and O–H groups in total. The normalized spacial score (nSPS) is 14.0. The standard InChI is InChI=1S/C18H22N4O4/c1-24-16-11-14(12-19-17-3-2-6-20-21-17)4-5-15(16)26-13-18(23)22-7-9-25-10-8-22/h2-6,11H,7-10,12-13H2,1H3,(H,19,21). The van der Waals surface area contributed by atoms with Gasteiger partial charge in [0.2, 0.25) is 0 Å². The number of rotatable bonds is 7. The van der Waals surface area contributed by atoms with Crippen molar-refractivity contribution in [3.8, 4) is 11.5 Å². The number of nitrogens with zero attached hydrogens (tertiary/aromatic N) is 3. The van der Waals surface area contributed by atoms with E-state index >= 15 is 0 Å². The van der Waals surface area contributed by atoms with E-state index in [2.05, 4.69) is 15.5 Å². The maximum Gasteiger partial charge on any atom is 0.260 e. The first-order valence-electron chi connectivity index (χ1n) is 8.43. The quantitative estimate of drug-likeness (QED) is 0.799. The van der Waals surface area contributed by atoms with E-state index in [4.69, 9.17) is 14.2 Å². The number of morpholine rings is 1. The summed E-state index contributed by atoms with van der Waals surface area (Å²) >= 11 is 0. The summed E-state index contributed by atoms with van der Waals surface area (Å²) in [6, 6.07) is 9.26. The molecule has 1 aliphatic heterocycles. The molecule has 8 heteroatoms. The Balaban J connectivity index is 1.56. The zero-order chi connectivity index (χ0) is 18.2. The van der Waals surface area contributed by atoms with Crippen molar-refractivity contribution in [3.05, 3.63) is 42.1 Å². The van der Waals surface area contributed by atoms with Crippen LogP contribution in [0.25, 0.3) is 0 Å². The Labute approximate surface area is 152 Å². The Hall–Kier alpha value is -2.87. The highest BCUT2D eigenvalue weighted by Gasteiger charge is 2.18. The lowest BCUT2D eigenvalue weighted by molar-refractivity contribution is -0.137. The molecule has 0 bridgehead atoms. The molecule has 8 nitrogen and oxygen atoms in total. The minimum Gasteiger partial charge on any atom is -0.493 e. The number of hydrogen-bond acceptors (Lipinski definition) is 7. The van der Waals surface area contributed by atoms with Crippen LogP contribution in [-0.4, -0.2) is 61.0 Å². The molecule has 0 unspecified atom stereocenters. The summed E-state index contributed by atoms with van der Waals surface area (Å²) in [7, 11) is 1.58. The van der Waals surface area contributed by atoms with Crippen molar-refractivity contribution >= 4 is 11.7 Å². The Morgan fingerprint density at radius 2 is 2.12 bits per heavy atom. The monoisotopic (exact) mass is 358 g/mol. The second kappa shape index (κ2) is 9.00. The number of carbonyl (C=O) groups excluding carboxylic acids is 1. The van der Waals surface area contributed by atoms with Gasteiger partial charge in [0.1, 0.15) is 5.82 Å². The number of benzene rings is 1. The Morgan fingerprint density at radius 1 is 1.27 bits per heavy atom. The minimum atomic E-state index is -0.0521. The zero-order valence-corrected chi connectivity index (χ0v) is 14.7. The van der Waals surface area contributed by atoms with Crippen molar-refractivity contribution in [2.24, 2.45) is 0 Å². The van der Waals surface area contributed by atoms with Gasteiger partial charge >= 0.3 is 0 Å². The number of aromatic nitrogens is 2. The van der Waals surface area contributed by atoms with Gasteiger partial charge in [-0.2, -0.15) is 5.10 Å². The molecule has 2 aromatic rings. The first-order chi connectivity index (χ1) is 12.8. The van der Waals surface area contributed by atoms with Gasteiger partial charge in [-0.15, -0.1) is 5.10 Å².